The van der Waals surface area contributed by atoms with Crippen molar-refractivity contribution < 1.29 is 32.9 Å². The number of nitrogens with one attached hydrogen (secondary N) is 1. The van der Waals surface area contributed by atoms with Crippen molar-refractivity contribution in [1.82, 2.24) is 5.32 Å². The minimum atomic E-state index is -0.634. The highest BCUT2D eigenvalue weighted by molar-refractivity contribution is 5.81. The molecule has 0 radical (unpaired) electrons. The predicted molar refractivity (Wildman–Crippen MR) is 99.1 cm³/mol. The van der Waals surface area contributed by atoms with E-state index in [1.165, 1.54) is 19.2 Å². The molecule has 0 heterocycles. The summed E-state index contributed by atoms with van der Waals surface area (Å²) in [6, 6.07) is 11.3. The van der Waals surface area contributed by atoms with E-state index >= 15 is 0 Å². The highest BCUT2D eigenvalue weighted by atomic mass is 19.1. The fourth-order valence-corrected chi connectivity index (χ4v) is 2.32. The summed E-state index contributed by atoms with van der Waals surface area (Å²) in [7, 11) is 2.89. The molecule has 2 rings (SSSR count). The van der Waals surface area contributed by atoms with Crippen molar-refractivity contribution >= 4 is 11.9 Å². The predicted octanol–water partition coefficient (Wildman–Crippen LogP) is 2.12. The SMILES string of the molecule is COc1ccc(CC(=O)OCC(=O)NCCOc2ccccc2OC)cc1F. The maximum absolute atomic E-state index is 13.6. The number of ether oxygens (including phenoxy) is 4. The van der Waals surface area contributed by atoms with Gasteiger partial charge >= 0.3 is 5.97 Å². The zero-order chi connectivity index (χ0) is 20.4. The quantitative estimate of drug-likeness (QED) is 0.494. The number of esters is 1. The molecule has 0 fully saturated rings. The summed E-state index contributed by atoms with van der Waals surface area (Å²) in [4.78, 5) is 23.5. The van der Waals surface area contributed by atoms with Gasteiger partial charge in [-0.1, -0.05) is 18.2 Å². The van der Waals surface area contributed by atoms with Crippen LogP contribution in [-0.4, -0.2) is 45.9 Å². The van der Waals surface area contributed by atoms with Gasteiger partial charge in [0.25, 0.3) is 5.91 Å². The summed E-state index contributed by atoms with van der Waals surface area (Å²) >= 11 is 0. The molecule has 2 aromatic carbocycles. The number of carbonyl (C=O) groups is 2. The van der Waals surface area contributed by atoms with Crippen LogP contribution in [0.5, 0.6) is 17.2 Å². The lowest BCUT2D eigenvalue weighted by molar-refractivity contribution is -0.147. The Balaban J connectivity index is 1.66. The maximum atomic E-state index is 13.6. The van der Waals surface area contributed by atoms with E-state index in [0.29, 0.717) is 17.1 Å². The number of hydrogen-bond donors (Lipinski definition) is 1. The largest absolute Gasteiger partial charge is 0.494 e. The summed E-state index contributed by atoms with van der Waals surface area (Å²) in [6.07, 6.45) is -0.148. The van der Waals surface area contributed by atoms with Crippen molar-refractivity contribution in [2.75, 3.05) is 34.0 Å². The van der Waals surface area contributed by atoms with Crippen LogP contribution >= 0.6 is 0 Å². The number of carbonyl (C=O) groups excluding carboxylic acids is 2. The first kappa shape index (κ1) is 21.0. The summed E-state index contributed by atoms with van der Waals surface area (Å²) in [5, 5.41) is 2.58. The second-order valence-electron chi connectivity index (χ2n) is 5.66. The van der Waals surface area contributed by atoms with Crippen LogP contribution < -0.4 is 19.5 Å². The van der Waals surface area contributed by atoms with Crippen LogP contribution in [0.1, 0.15) is 5.56 Å². The van der Waals surface area contributed by atoms with Crippen LogP contribution in [0.3, 0.4) is 0 Å². The molecule has 0 spiro atoms. The van der Waals surface area contributed by atoms with Gasteiger partial charge in [0.1, 0.15) is 6.61 Å². The first-order chi connectivity index (χ1) is 13.5. The van der Waals surface area contributed by atoms with Gasteiger partial charge in [0, 0.05) is 0 Å². The Labute approximate surface area is 162 Å². The Hall–Kier alpha value is -3.29. The molecule has 0 aliphatic carbocycles. The normalized spacial score (nSPS) is 10.1. The third-order valence-corrected chi connectivity index (χ3v) is 3.68. The third kappa shape index (κ3) is 6.46. The molecule has 7 nitrogen and oxygen atoms in total. The van der Waals surface area contributed by atoms with Crippen molar-refractivity contribution in [3.05, 3.63) is 53.8 Å². The monoisotopic (exact) mass is 391 g/mol. The Bertz CT molecular complexity index is 811. The Morgan fingerprint density at radius 1 is 1.00 bits per heavy atom. The molecule has 8 heteroatoms. The molecule has 0 unspecified atom stereocenters. The van der Waals surface area contributed by atoms with Gasteiger partial charge in [-0.3, -0.25) is 9.59 Å². The molecule has 2 aromatic rings. The van der Waals surface area contributed by atoms with Crippen molar-refractivity contribution in [3.8, 4) is 17.2 Å². The molecule has 0 aliphatic heterocycles. The first-order valence-corrected chi connectivity index (χ1v) is 8.54. The lowest BCUT2D eigenvalue weighted by Crippen LogP contribution is -2.32. The second kappa shape index (κ2) is 10.8. The molecule has 0 atom stereocenters. The average Bonchev–Trinajstić information content (AvgIpc) is 2.70. The summed E-state index contributed by atoms with van der Waals surface area (Å²) in [5.41, 5.74) is 0.425. The van der Waals surface area contributed by atoms with Gasteiger partial charge in [-0.2, -0.15) is 0 Å². The van der Waals surface area contributed by atoms with E-state index in [9.17, 15) is 14.0 Å². The van der Waals surface area contributed by atoms with Crippen LogP contribution in [0.15, 0.2) is 42.5 Å². The number of halogens is 1. The molecule has 28 heavy (non-hydrogen) atoms. The number of hydrogen-bond acceptors (Lipinski definition) is 6. The molecule has 0 bridgehead atoms. The third-order valence-electron chi connectivity index (χ3n) is 3.68. The van der Waals surface area contributed by atoms with Crippen molar-refractivity contribution in [2.24, 2.45) is 0 Å². The average molecular weight is 391 g/mol. The van der Waals surface area contributed by atoms with E-state index < -0.39 is 24.3 Å². The van der Waals surface area contributed by atoms with Crippen molar-refractivity contribution in [2.45, 2.75) is 6.42 Å². The fourth-order valence-electron chi connectivity index (χ4n) is 2.32. The Morgan fingerprint density at radius 3 is 2.39 bits per heavy atom. The zero-order valence-corrected chi connectivity index (χ0v) is 15.7. The van der Waals surface area contributed by atoms with Gasteiger partial charge < -0.3 is 24.3 Å². The van der Waals surface area contributed by atoms with E-state index in [1.54, 1.807) is 25.3 Å². The number of benzene rings is 2. The standard InChI is InChI=1S/C20H22FNO6/c1-25-16-8-7-14(11-15(16)21)12-20(24)28-13-19(23)22-9-10-27-18-6-4-3-5-17(18)26-2/h3-8,11H,9-10,12-13H2,1-2H3,(H,22,23). The number of methoxy groups -OCH3 is 2. The Morgan fingerprint density at radius 2 is 1.71 bits per heavy atom. The molecule has 150 valence electrons. The number of para-hydroxylation sites is 2. The molecule has 0 saturated carbocycles. The van der Waals surface area contributed by atoms with Gasteiger partial charge in [-0.15, -0.1) is 0 Å². The van der Waals surface area contributed by atoms with Gasteiger partial charge in [0.15, 0.2) is 29.7 Å². The van der Waals surface area contributed by atoms with Crippen LogP contribution in [0.25, 0.3) is 0 Å². The highest BCUT2D eigenvalue weighted by Crippen LogP contribution is 2.25. The zero-order valence-electron chi connectivity index (χ0n) is 15.7. The highest BCUT2D eigenvalue weighted by Gasteiger charge is 2.11. The van der Waals surface area contributed by atoms with E-state index in [0.717, 1.165) is 0 Å². The van der Waals surface area contributed by atoms with Gasteiger partial charge in [-0.05, 0) is 29.8 Å². The lowest BCUT2D eigenvalue weighted by Gasteiger charge is -2.11. The molecular weight excluding hydrogens is 369 g/mol. The summed E-state index contributed by atoms with van der Waals surface area (Å²) in [6.45, 7) is 0.0371. The van der Waals surface area contributed by atoms with E-state index in [-0.39, 0.29) is 25.3 Å². The molecule has 0 aromatic heterocycles. The minimum absolute atomic E-state index is 0.0897. The van der Waals surface area contributed by atoms with Crippen LogP contribution in [0, 0.1) is 5.82 Å². The molecule has 0 saturated heterocycles. The van der Waals surface area contributed by atoms with E-state index in [4.69, 9.17) is 18.9 Å². The molecule has 1 N–H and O–H groups in total. The smallest absolute Gasteiger partial charge is 0.310 e. The number of rotatable bonds is 10. The van der Waals surface area contributed by atoms with Crippen molar-refractivity contribution in [1.29, 1.82) is 0 Å². The van der Waals surface area contributed by atoms with Crippen LogP contribution in [0.2, 0.25) is 0 Å². The Kier molecular flexibility index (Phi) is 8.08. The van der Waals surface area contributed by atoms with Crippen LogP contribution in [0.4, 0.5) is 4.39 Å². The topological polar surface area (TPSA) is 83.1 Å². The lowest BCUT2D eigenvalue weighted by atomic mass is 10.1. The second-order valence-corrected chi connectivity index (χ2v) is 5.66. The summed E-state index contributed by atoms with van der Waals surface area (Å²) in [5.74, 6) is -0.412. The van der Waals surface area contributed by atoms with Gasteiger partial charge in [-0.25, -0.2) is 4.39 Å². The summed E-state index contributed by atoms with van der Waals surface area (Å²) < 4.78 is 34.0. The van der Waals surface area contributed by atoms with Gasteiger partial charge in [0.05, 0.1) is 27.2 Å². The molecule has 1 amide bonds. The molecule has 0 aliphatic rings. The fraction of sp³-hybridized carbons (Fsp3) is 0.300. The first-order valence-electron chi connectivity index (χ1n) is 8.54. The van der Waals surface area contributed by atoms with Crippen LogP contribution in [-0.2, 0) is 20.7 Å². The van der Waals surface area contributed by atoms with Gasteiger partial charge in [0.2, 0.25) is 0 Å². The van der Waals surface area contributed by atoms with Crippen molar-refractivity contribution in [3.63, 3.8) is 0 Å². The minimum Gasteiger partial charge on any atom is -0.494 e. The van der Waals surface area contributed by atoms with E-state index in [1.807, 2.05) is 12.1 Å². The maximum Gasteiger partial charge on any atom is 0.310 e. The van der Waals surface area contributed by atoms with E-state index in [2.05, 4.69) is 5.32 Å². The molecular formula is C20H22FNO6. The number of amides is 1.